The van der Waals surface area contributed by atoms with Crippen molar-refractivity contribution in [3.63, 3.8) is 0 Å². The van der Waals surface area contributed by atoms with Gasteiger partial charge in [-0.05, 0) is 26.0 Å². The lowest BCUT2D eigenvalue weighted by Crippen LogP contribution is -2.23. The van der Waals surface area contributed by atoms with Crippen molar-refractivity contribution in [2.24, 2.45) is 5.73 Å². The van der Waals surface area contributed by atoms with E-state index in [1.165, 1.54) is 0 Å². The average Bonchev–Trinajstić information content (AvgIpc) is 2.16. The Morgan fingerprint density at radius 3 is 2.50 bits per heavy atom. The number of hydrogen-bond donors (Lipinski definition) is 1. The van der Waals surface area contributed by atoms with Crippen molar-refractivity contribution in [3.05, 3.63) is 24.3 Å². The minimum absolute atomic E-state index is 0.0470. The molecular weight excluding hydrogens is 178 g/mol. The summed E-state index contributed by atoms with van der Waals surface area (Å²) < 4.78 is 10.8. The zero-order chi connectivity index (χ0) is 10.4. The summed E-state index contributed by atoms with van der Waals surface area (Å²) in [5.41, 5.74) is 5.58. The van der Waals surface area contributed by atoms with Crippen LogP contribution in [0, 0.1) is 0 Å². The molecule has 78 valence electrons. The molecule has 1 atom stereocenters. The Morgan fingerprint density at radius 2 is 1.93 bits per heavy atom. The molecule has 3 nitrogen and oxygen atoms in total. The van der Waals surface area contributed by atoms with Crippen molar-refractivity contribution in [2.45, 2.75) is 19.9 Å². The van der Waals surface area contributed by atoms with Gasteiger partial charge in [-0.2, -0.15) is 0 Å². The Morgan fingerprint density at radius 1 is 1.29 bits per heavy atom. The molecule has 0 saturated heterocycles. The van der Waals surface area contributed by atoms with Crippen molar-refractivity contribution in [1.82, 2.24) is 0 Å². The fourth-order valence-electron chi connectivity index (χ4n) is 1.05. The van der Waals surface area contributed by atoms with Crippen LogP contribution in [0.2, 0.25) is 0 Å². The third-order valence-electron chi connectivity index (χ3n) is 1.63. The number of rotatable bonds is 5. The Labute approximate surface area is 84.8 Å². The molecule has 0 amide bonds. The monoisotopic (exact) mass is 195 g/mol. The second-order valence-electron chi connectivity index (χ2n) is 3.20. The standard InChI is InChI=1S/C11H17NO2/c1-3-13-10-5-4-6-11(7-10)14-8-9(2)12/h4-7,9H,3,8,12H2,1-2H3. The van der Waals surface area contributed by atoms with Crippen molar-refractivity contribution in [3.8, 4) is 11.5 Å². The molecule has 3 heteroatoms. The van der Waals surface area contributed by atoms with E-state index in [4.69, 9.17) is 15.2 Å². The summed E-state index contributed by atoms with van der Waals surface area (Å²) in [4.78, 5) is 0. The van der Waals surface area contributed by atoms with Gasteiger partial charge in [-0.1, -0.05) is 6.07 Å². The molecule has 0 aromatic heterocycles. The van der Waals surface area contributed by atoms with E-state index in [2.05, 4.69) is 0 Å². The second-order valence-corrected chi connectivity index (χ2v) is 3.20. The largest absolute Gasteiger partial charge is 0.494 e. The van der Waals surface area contributed by atoms with Gasteiger partial charge in [0, 0.05) is 12.1 Å². The zero-order valence-electron chi connectivity index (χ0n) is 8.69. The summed E-state index contributed by atoms with van der Waals surface area (Å²) in [6, 6.07) is 7.62. The molecule has 0 saturated carbocycles. The molecule has 1 aromatic carbocycles. The Bertz CT molecular complexity index is 274. The van der Waals surface area contributed by atoms with Gasteiger partial charge in [0.05, 0.1) is 6.61 Å². The minimum Gasteiger partial charge on any atom is -0.494 e. The maximum absolute atomic E-state index is 5.58. The number of benzene rings is 1. The highest BCUT2D eigenvalue weighted by Crippen LogP contribution is 2.19. The molecule has 1 rings (SSSR count). The predicted molar refractivity (Wildman–Crippen MR) is 56.8 cm³/mol. The van der Waals surface area contributed by atoms with Gasteiger partial charge in [0.15, 0.2) is 0 Å². The van der Waals surface area contributed by atoms with E-state index in [9.17, 15) is 0 Å². The van der Waals surface area contributed by atoms with Crippen LogP contribution < -0.4 is 15.2 Å². The fourth-order valence-corrected chi connectivity index (χ4v) is 1.05. The molecule has 0 radical (unpaired) electrons. The lowest BCUT2D eigenvalue weighted by Gasteiger charge is -2.10. The predicted octanol–water partition coefficient (Wildman–Crippen LogP) is 1.81. The molecule has 0 spiro atoms. The van der Waals surface area contributed by atoms with Crippen LogP contribution in [0.1, 0.15) is 13.8 Å². The number of nitrogens with two attached hydrogens (primary N) is 1. The van der Waals surface area contributed by atoms with Gasteiger partial charge in [0.2, 0.25) is 0 Å². The van der Waals surface area contributed by atoms with E-state index in [1.54, 1.807) is 0 Å². The number of ether oxygens (including phenoxy) is 2. The molecule has 2 N–H and O–H groups in total. The van der Waals surface area contributed by atoms with E-state index >= 15 is 0 Å². The van der Waals surface area contributed by atoms with Gasteiger partial charge in [-0.3, -0.25) is 0 Å². The Balaban J connectivity index is 2.54. The Kier molecular flexibility index (Phi) is 4.26. The highest BCUT2D eigenvalue weighted by atomic mass is 16.5. The van der Waals surface area contributed by atoms with Gasteiger partial charge >= 0.3 is 0 Å². The highest BCUT2D eigenvalue weighted by Gasteiger charge is 1.98. The van der Waals surface area contributed by atoms with Gasteiger partial charge in [-0.25, -0.2) is 0 Å². The van der Waals surface area contributed by atoms with Crippen LogP contribution in [-0.2, 0) is 0 Å². The van der Waals surface area contributed by atoms with E-state index in [1.807, 2.05) is 38.1 Å². The van der Waals surface area contributed by atoms with Gasteiger partial charge in [0.25, 0.3) is 0 Å². The van der Waals surface area contributed by atoms with Crippen molar-refractivity contribution < 1.29 is 9.47 Å². The third kappa shape index (κ3) is 3.66. The van der Waals surface area contributed by atoms with Gasteiger partial charge in [-0.15, -0.1) is 0 Å². The lowest BCUT2D eigenvalue weighted by molar-refractivity contribution is 0.291. The second kappa shape index (κ2) is 5.50. The van der Waals surface area contributed by atoms with Crippen LogP contribution in [-0.4, -0.2) is 19.3 Å². The first-order valence-electron chi connectivity index (χ1n) is 4.83. The maximum Gasteiger partial charge on any atom is 0.123 e. The molecule has 1 unspecified atom stereocenters. The zero-order valence-corrected chi connectivity index (χ0v) is 8.69. The molecule has 0 aliphatic carbocycles. The highest BCUT2D eigenvalue weighted by molar-refractivity contribution is 5.32. The molecule has 1 aromatic rings. The lowest BCUT2D eigenvalue weighted by atomic mass is 10.3. The molecule has 0 bridgehead atoms. The van der Waals surface area contributed by atoms with E-state index in [-0.39, 0.29) is 6.04 Å². The summed E-state index contributed by atoms with van der Waals surface area (Å²) in [5.74, 6) is 1.63. The quantitative estimate of drug-likeness (QED) is 0.779. The van der Waals surface area contributed by atoms with Gasteiger partial charge < -0.3 is 15.2 Å². The van der Waals surface area contributed by atoms with Crippen LogP contribution in [0.25, 0.3) is 0 Å². The van der Waals surface area contributed by atoms with Crippen molar-refractivity contribution in [1.29, 1.82) is 0 Å². The van der Waals surface area contributed by atoms with Crippen LogP contribution in [0.4, 0.5) is 0 Å². The van der Waals surface area contributed by atoms with Crippen molar-refractivity contribution >= 4 is 0 Å². The molecule has 0 aliphatic rings. The van der Waals surface area contributed by atoms with Crippen LogP contribution >= 0.6 is 0 Å². The molecule has 0 aliphatic heterocycles. The molecule has 0 fully saturated rings. The number of hydrogen-bond acceptors (Lipinski definition) is 3. The third-order valence-corrected chi connectivity index (χ3v) is 1.63. The topological polar surface area (TPSA) is 44.5 Å². The average molecular weight is 195 g/mol. The normalized spacial score (nSPS) is 12.2. The van der Waals surface area contributed by atoms with E-state index in [0.717, 1.165) is 11.5 Å². The first-order valence-corrected chi connectivity index (χ1v) is 4.83. The summed E-state index contributed by atoms with van der Waals surface area (Å²) in [7, 11) is 0. The van der Waals surface area contributed by atoms with Crippen LogP contribution in [0.5, 0.6) is 11.5 Å². The van der Waals surface area contributed by atoms with Crippen molar-refractivity contribution in [2.75, 3.05) is 13.2 Å². The summed E-state index contributed by atoms with van der Waals surface area (Å²) in [6.45, 7) is 5.05. The Hall–Kier alpha value is -1.22. The minimum atomic E-state index is 0.0470. The van der Waals surface area contributed by atoms with Crippen LogP contribution in [0.15, 0.2) is 24.3 Å². The first-order chi connectivity index (χ1) is 6.72. The first kappa shape index (κ1) is 10.9. The fraction of sp³-hybridized carbons (Fsp3) is 0.455. The SMILES string of the molecule is CCOc1cccc(OCC(C)N)c1. The summed E-state index contributed by atoms with van der Waals surface area (Å²) in [5, 5.41) is 0. The molecule has 0 heterocycles. The van der Waals surface area contributed by atoms with E-state index < -0.39 is 0 Å². The summed E-state index contributed by atoms with van der Waals surface area (Å²) in [6.07, 6.45) is 0. The summed E-state index contributed by atoms with van der Waals surface area (Å²) >= 11 is 0. The maximum atomic E-state index is 5.58. The smallest absolute Gasteiger partial charge is 0.123 e. The molecule has 14 heavy (non-hydrogen) atoms. The van der Waals surface area contributed by atoms with E-state index in [0.29, 0.717) is 13.2 Å². The van der Waals surface area contributed by atoms with Gasteiger partial charge in [0.1, 0.15) is 18.1 Å². The molecular formula is C11H17NO2. The van der Waals surface area contributed by atoms with Crippen LogP contribution in [0.3, 0.4) is 0 Å².